The SMILES string of the molecule is O=C(NCc1ccc(Oc2ccccc2)cc1)c1cnccn1. The van der Waals surface area contributed by atoms with Crippen molar-refractivity contribution < 1.29 is 9.53 Å². The standard InChI is InChI=1S/C18H15N3O2/c22-18(17-13-19-10-11-20-17)21-12-14-6-8-16(9-7-14)23-15-4-2-1-3-5-15/h1-11,13H,12H2,(H,21,22). The Morgan fingerprint density at radius 3 is 2.39 bits per heavy atom. The van der Waals surface area contributed by atoms with Gasteiger partial charge in [-0.1, -0.05) is 30.3 Å². The smallest absolute Gasteiger partial charge is 0.271 e. The van der Waals surface area contributed by atoms with E-state index in [1.807, 2.05) is 54.6 Å². The summed E-state index contributed by atoms with van der Waals surface area (Å²) in [4.78, 5) is 19.7. The third kappa shape index (κ3) is 4.14. The summed E-state index contributed by atoms with van der Waals surface area (Å²) in [6, 6.07) is 17.1. The van der Waals surface area contributed by atoms with Crippen molar-refractivity contribution in [3.05, 3.63) is 84.4 Å². The number of carbonyl (C=O) groups excluding carboxylic acids is 1. The Morgan fingerprint density at radius 1 is 0.957 bits per heavy atom. The number of amides is 1. The van der Waals surface area contributed by atoms with E-state index in [1.165, 1.54) is 18.6 Å². The Kier molecular flexibility index (Phi) is 4.59. The fourth-order valence-electron chi connectivity index (χ4n) is 1.99. The molecule has 1 N–H and O–H groups in total. The van der Waals surface area contributed by atoms with Crippen molar-refractivity contribution in [2.75, 3.05) is 0 Å². The molecule has 0 atom stereocenters. The second kappa shape index (κ2) is 7.17. The molecule has 5 nitrogen and oxygen atoms in total. The summed E-state index contributed by atoms with van der Waals surface area (Å²) in [7, 11) is 0. The molecule has 0 aliphatic rings. The number of aromatic nitrogens is 2. The van der Waals surface area contributed by atoms with Crippen molar-refractivity contribution in [3.63, 3.8) is 0 Å². The van der Waals surface area contributed by atoms with Gasteiger partial charge in [0, 0.05) is 18.9 Å². The van der Waals surface area contributed by atoms with Crippen molar-refractivity contribution >= 4 is 5.91 Å². The van der Waals surface area contributed by atoms with E-state index >= 15 is 0 Å². The lowest BCUT2D eigenvalue weighted by Crippen LogP contribution is -2.23. The van der Waals surface area contributed by atoms with Crippen LogP contribution in [0.2, 0.25) is 0 Å². The van der Waals surface area contributed by atoms with Crippen LogP contribution in [0, 0.1) is 0 Å². The topological polar surface area (TPSA) is 64.1 Å². The third-order valence-corrected chi connectivity index (χ3v) is 3.15. The van der Waals surface area contributed by atoms with Crippen molar-refractivity contribution in [2.24, 2.45) is 0 Å². The fraction of sp³-hybridized carbons (Fsp3) is 0.0556. The van der Waals surface area contributed by atoms with Crippen LogP contribution in [-0.2, 0) is 6.54 Å². The van der Waals surface area contributed by atoms with E-state index in [-0.39, 0.29) is 5.91 Å². The molecule has 0 saturated carbocycles. The summed E-state index contributed by atoms with van der Waals surface area (Å²) < 4.78 is 5.72. The molecule has 0 aliphatic heterocycles. The second-order valence-corrected chi connectivity index (χ2v) is 4.83. The van der Waals surface area contributed by atoms with Gasteiger partial charge in [-0.05, 0) is 29.8 Å². The van der Waals surface area contributed by atoms with E-state index in [4.69, 9.17) is 4.74 Å². The molecule has 2 aromatic carbocycles. The van der Waals surface area contributed by atoms with Gasteiger partial charge in [0.25, 0.3) is 5.91 Å². The average molecular weight is 305 g/mol. The molecule has 0 unspecified atom stereocenters. The van der Waals surface area contributed by atoms with Crippen molar-refractivity contribution in [1.29, 1.82) is 0 Å². The number of nitrogens with one attached hydrogen (secondary N) is 1. The van der Waals surface area contributed by atoms with Gasteiger partial charge in [-0.2, -0.15) is 0 Å². The molecule has 0 radical (unpaired) electrons. The average Bonchev–Trinajstić information content (AvgIpc) is 2.62. The monoisotopic (exact) mass is 305 g/mol. The lowest BCUT2D eigenvalue weighted by molar-refractivity contribution is 0.0945. The largest absolute Gasteiger partial charge is 0.457 e. The quantitative estimate of drug-likeness (QED) is 0.786. The number of hydrogen-bond donors (Lipinski definition) is 1. The number of hydrogen-bond acceptors (Lipinski definition) is 4. The minimum absolute atomic E-state index is 0.247. The molecule has 1 aromatic heterocycles. The van der Waals surface area contributed by atoms with E-state index in [2.05, 4.69) is 15.3 Å². The Morgan fingerprint density at radius 2 is 1.70 bits per heavy atom. The third-order valence-electron chi connectivity index (χ3n) is 3.15. The van der Waals surface area contributed by atoms with Crippen molar-refractivity contribution in [3.8, 4) is 11.5 Å². The molecule has 0 saturated heterocycles. The maximum Gasteiger partial charge on any atom is 0.271 e. The summed E-state index contributed by atoms with van der Waals surface area (Å²) in [6.07, 6.45) is 4.46. The fourth-order valence-corrected chi connectivity index (χ4v) is 1.99. The minimum atomic E-state index is -0.247. The molecule has 1 amide bonds. The van der Waals surface area contributed by atoms with Gasteiger partial charge in [0.15, 0.2) is 0 Å². The number of nitrogens with zero attached hydrogens (tertiary/aromatic N) is 2. The maximum absolute atomic E-state index is 11.9. The van der Waals surface area contributed by atoms with Gasteiger partial charge >= 0.3 is 0 Å². The maximum atomic E-state index is 11.9. The van der Waals surface area contributed by atoms with Crippen LogP contribution in [0.5, 0.6) is 11.5 Å². The minimum Gasteiger partial charge on any atom is -0.457 e. The predicted molar refractivity (Wildman–Crippen MR) is 86.2 cm³/mol. The first-order valence-electron chi connectivity index (χ1n) is 7.17. The molecule has 23 heavy (non-hydrogen) atoms. The van der Waals surface area contributed by atoms with Crippen LogP contribution in [-0.4, -0.2) is 15.9 Å². The van der Waals surface area contributed by atoms with Gasteiger partial charge in [0.1, 0.15) is 17.2 Å². The van der Waals surface area contributed by atoms with Crippen LogP contribution in [0.3, 0.4) is 0 Å². The molecule has 0 aliphatic carbocycles. The van der Waals surface area contributed by atoms with Crippen LogP contribution < -0.4 is 10.1 Å². The zero-order chi connectivity index (χ0) is 15.9. The highest BCUT2D eigenvalue weighted by atomic mass is 16.5. The molecule has 0 bridgehead atoms. The molecule has 114 valence electrons. The number of rotatable bonds is 5. The molecule has 1 heterocycles. The van der Waals surface area contributed by atoms with E-state index in [9.17, 15) is 4.79 Å². The Hall–Kier alpha value is -3.21. The molecular formula is C18H15N3O2. The number of carbonyl (C=O) groups is 1. The Labute approximate surface area is 134 Å². The normalized spacial score (nSPS) is 10.1. The Balaban J connectivity index is 1.56. The van der Waals surface area contributed by atoms with Gasteiger partial charge in [-0.15, -0.1) is 0 Å². The molecule has 5 heteroatoms. The highest BCUT2D eigenvalue weighted by Gasteiger charge is 2.06. The summed E-state index contributed by atoms with van der Waals surface area (Å²) in [5.41, 5.74) is 1.28. The molecular weight excluding hydrogens is 290 g/mol. The lowest BCUT2D eigenvalue weighted by atomic mass is 10.2. The van der Waals surface area contributed by atoms with Gasteiger partial charge in [0.05, 0.1) is 6.20 Å². The van der Waals surface area contributed by atoms with Gasteiger partial charge < -0.3 is 10.1 Å². The second-order valence-electron chi connectivity index (χ2n) is 4.83. The van der Waals surface area contributed by atoms with Gasteiger partial charge in [0.2, 0.25) is 0 Å². The van der Waals surface area contributed by atoms with Crippen molar-refractivity contribution in [1.82, 2.24) is 15.3 Å². The van der Waals surface area contributed by atoms with E-state index in [0.717, 1.165) is 17.1 Å². The zero-order valence-corrected chi connectivity index (χ0v) is 12.3. The summed E-state index contributed by atoms with van der Waals surface area (Å²) in [6.45, 7) is 0.418. The van der Waals surface area contributed by atoms with Crippen molar-refractivity contribution in [2.45, 2.75) is 6.54 Å². The first-order valence-corrected chi connectivity index (χ1v) is 7.17. The first kappa shape index (κ1) is 14.7. The molecule has 0 fully saturated rings. The highest BCUT2D eigenvalue weighted by Crippen LogP contribution is 2.21. The Bertz CT molecular complexity index is 759. The number of para-hydroxylation sites is 1. The van der Waals surface area contributed by atoms with E-state index < -0.39 is 0 Å². The van der Waals surface area contributed by atoms with Gasteiger partial charge in [-0.25, -0.2) is 4.98 Å². The first-order chi connectivity index (χ1) is 11.3. The number of ether oxygens (including phenoxy) is 1. The van der Waals surface area contributed by atoms with Crippen LogP contribution in [0.15, 0.2) is 73.2 Å². The summed E-state index contributed by atoms with van der Waals surface area (Å²) >= 11 is 0. The van der Waals surface area contributed by atoms with Crippen LogP contribution in [0.25, 0.3) is 0 Å². The van der Waals surface area contributed by atoms with Crippen LogP contribution in [0.4, 0.5) is 0 Å². The van der Waals surface area contributed by atoms with E-state index in [1.54, 1.807) is 0 Å². The lowest BCUT2D eigenvalue weighted by Gasteiger charge is -2.07. The molecule has 3 aromatic rings. The summed E-state index contributed by atoms with van der Waals surface area (Å²) in [5.74, 6) is 1.29. The van der Waals surface area contributed by atoms with Crippen LogP contribution in [0.1, 0.15) is 16.1 Å². The van der Waals surface area contributed by atoms with E-state index in [0.29, 0.717) is 12.2 Å². The van der Waals surface area contributed by atoms with Gasteiger partial charge in [-0.3, -0.25) is 9.78 Å². The van der Waals surface area contributed by atoms with Crippen LogP contribution >= 0.6 is 0 Å². The molecule has 0 spiro atoms. The predicted octanol–water partition coefficient (Wildman–Crippen LogP) is 3.20. The zero-order valence-electron chi connectivity index (χ0n) is 12.3. The number of benzene rings is 2. The summed E-state index contributed by atoms with van der Waals surface area (Å²) in [5, 5.41) is 2.80. The molecule has 3 rings (SSSR count). The highest BCUT2D eigenvalue weighted by molar-refractivity contribution is 5.91.